The number of phenols is 6. The van der Waals surface area contributed by atoms with Gasteiger partial charge in [-0.1, -0.05) is 87.8 Å². The Kier molecular flexibility index (Phi) is 22.1. The first-order chi connectivity index (χ1) is 53.4. The molecule has 28 heteroatoms. The van der Waals surface area contributed by atoms with Crippen LogP contribution in [0.3, 0.4) is 0 Å². The second kappa shape index (κ2) is 31.3. The molecule has 17 rings (SSSR count). The molecule has 0 unspecified atom stereocenters. The zero-order chi connectivity index (χ0) is 80.4. The zero-order valence-corrected chi connectivity index (χ0v) is 70.0. The fraction of sp³-hybridized carbons (Fsp3) is 0.424. The first-order valence-corrected chi connectivity index (χ1v) is 41.7. The van der Waals surface area contributed by atoms with E-state index >= 15 is 0 Å². The van der Waals surface area contributed by atoms with Crippen molar-refractivity contribution in [2.24, 2.45) is 11.8 Å². The maximum Gasteiger partial charge on any atom is 0.247 e. The van der Waals surface area contributed by atoms with Crippen LogP contribution in [0.2, 0.25) is 0 Å². The number of pyridine rings is 1. The largest absolute Gasteiger partial charge is 0.508 e. The van der Waals surface area contributed by atoms with Crippen LogP contribution in [0.4, 0.5) is 20.5 Å². The topological polar surface area (TPSA) is 318 Å². The van der Waals surface area contributed by atoms with Crippen LogP contribution in [-0.2, 0) is 0 Å². The molecule has 0 radical (unpaired) electrons. The van der Waals surface area contributed by atoms with E-state index in [2.05, 4.69) is 191 Å². The van der Waals surface area contributed by atoms with Gasteiger partial charge in [-0.3, -0.25) is 4.79 Å². The molecule has 7 aromatic carbocycles. The minimum Gasteiger partial charge on any atom is -0.508 e. The minimum atomic E-state index is -0.157. The van der Waals surface area contributed by atoms with Gasteiger partial charge in [0, 0.05) is 111 Å². The van der Waals surface area contributed by atoms with Gasteiger partial charge >= 0.3 is 0 Å². The molecule has 5 fully saturated rings. The van der Waals surface area contributed by atoms with Gasteiger partial charge in [0.05, 0.1) is 22.3 Å². The van der Waals surface area contributed by atoms with Gasteiger partial charge in [-0.2, -0.15) is 0 Å². The molecule has 0 aliphatic carbocycles. The summed E-state index contributed by atoms with van der Waals surface area (Å²) in [6, 6.07) is 38.9. The third-order valence-corrected chi connectivity index (χ3v) is 26.3. The summed E-state index contributed by atoms with van der Waals surface area (Å²) in [7, 11) is 6.26. The Hall–Kier alpha value is -9.65. The maximum atomic E-state index is 11.3. The van der Waals surface area contributed by atoms with Gasteiger partial charge in [-0.05, 0) is 256 Å². The molecule has 594 valence electrons. The molecular formula is C85H103N17O7S4. The van der Waals surface area contributed by atoms with Crippen molar-refractivity contribution in [3.63, 3.8) is 0 Å². The van der Waals surface area contributed by atoms with E-state index in [0.29, 0.717) is 56.7 Å². The second-order valence-corrected chi connectivity index (χ2v) is 38.9. The van der Waals surface area contributed by atoms with Gasteiger partial charge < -0.3 is 76.5 Å². The number of rotatable bonds is 12. The summed E-state index contributed by atoms with van der Waals surface area (Å²) >= 11 is 6.03. The van der Waals surface area contributed by atoms with Crippen molar-refractivity contribution >= 4 is 98.2 Å². The standard InChI is InChI=1S/C23H29N5O2S.C22H28N4O2S.C22H28N4OS.C18H18N4O2S/c1-22(2)11-16(12-23(3,4)27-22)28(5)21-26-25-20(31-21)17-8-6-14(10-18(17)29)15-7-9-19(30)24-13-15;1-21(2)11-15(12-22(3,4)25-21)26(5)20-24-23-19(29-20)17-9-13-6-7-16(27)8-14(13)10-18(17)28;1-21(2)12-16(13-22(3,4)25-21)26(5)20-24-23-19(28-20)17-10-14-8-6-7-9-15(14)11-18(17)27;23-14-2-1-10-4-15(16(24)5-11(10)3-14)17-20-21-18(25-17)22-8-12-6-19-7-13(12)9-22/h6-10,13,16,27,29H,11-12H2,1-5H3,(H,24,30);6-10,15,25,27-28H,11-12H2,1-5H3;6-11,16,25,27H,12-13H2,1-5H3;1-5,12-13,19,23-24H,6-9H2/t;;;12-,13+. The van der Waals surface area contributed by atoms with Crippen molar-refractivity contribution in [2.45, 2.75) is 173 Å². The van der Waals surface area contributed by atoms with Gasteiger partial charge in [0.25, 0.3) is 0 Å². The molecule has 0 saturated carbocycles. The highest BCUT2D eigenvalue weighted by Crippen LogP contribution is 2.46. The highest BCUT2D eigenvalue weighted by atomic mass is 32.1. The maximum absolute atomic E-state index is 11.3. The van der Waals surface area contributed by atoms with Crippen LogP contribution in [0.1, 0.15) is 122 Å². The lowest BCUT2D eigenvalue weighted by Crippen LogP contribution is -2.61. The van der Waals surface area contributed by atoms with Gasteiger partial charge in [0.15, 0.2) is 20.0 Å². The quantitative estimate of drug-likeness (QED) is 0.0541. The Labute approximate surface area is 675 Å². The van der Waals surface area contributed by atoms with E-state index in [-0.39, 0.29) is 73.3 Å². The predicted molar refractivity (Wildman–Crippen MR) is 460 cm³/mol. The van der Waals surface area contributed by atoms with E-state index in [1.165, 1.54) is 51.4 Å². The molecule has 2 atom stereocenters. The molecule has 0 bridgehead atoms. The number of aromatic hydroxyl groups is 6. The van der Waals surface area contributed by atoms with Crippen LogP contribution < -0.4 is 46.4 Å². The molecule has 0 spiro atoms. The Balaban J connectivity index is 0.000000125. The van der Waals surface area contributed by atoms with E-state index in [0.717, 1.165) is 144 Å². The van der Waals surface area contributed by atoms with E-state index in [1.54, 1.807) is 60.8 Å². The molecule has 11 N–H and O–H groups in total. The Morgan fingerprint density at radius 3 is 1.13 bits per heavy atom. The monoisotopic (exact) mass is 1600 g/mol. The normalized spacial score (nSPS) is 19.5. The van der Waals surface area contributed by atoms with Crippen molar-refractivity contribution in [3.8, 4) is 87.9 Å². The number of nitrogens with zero attached hydrogens (tertiary/aromatic N) is 12. The number of hydrogen-bond acceptors (Lipinski definition) is 27. The second-order valence-electron chi connectivity index (χ2n) is 35.0. The number of fused-ring (bicyclic) bond motifs is 4. The van der Waals surface area contributed by atoms with Crippen molar-refractivity contribution < 1.29 is 30.6 Å². The van der Waals surface area contributed by atoms with Crippen LogP contribution in [0, 0.1) is 11.8 Å². The average Bonchev–Trinajstić information content (AvgIpc) is 1.75. The van der Waals surface area contributed by atoms with Gasteiger partial charge in [0.2, 0.25) is 26.1 Å². The van der Waals surface area contributed by atoms with E-state index in [9.17, 15) is 35.4 Å². The van der Waals surface area contributed by atoms with Crippen molar-refractivity contribution in [1.82, 2.24) is 67.0 Å². The molecule has 24 nitrogen and oxygen atoms in total. The number of piperidine rings is 3. The third-order valence-electron chi connectivity index (χ3n) is 22.1. The molecule has 12 aromatic rings. The number of phenolic OH excluding ortho intramolecular Hbond substituents is 6. The summed E-state index contributed by atoms with van der Waals surface area (Å²) in [4.78, 5) is 22.9. The third kappa shape index (κ3) is 18.5. The smallest absolute Gasteiger partial charge is 0.247 e. The van der Waals surface area contributed by atoms with Crippen LogP contribution in [0.25, 0.3) is 85.7 Å². The van der Waals surface area contributed by atoms with Crippen LogP contribution in [0.15, 0.2) is 138 Å². The van der Waals surface area contributed by atoms with Gasteiger partial charge in [0.1, 0.15) is 34.5 Å². The molecule has 0 amide bonds. The molecule has 5 saturated heterocycles. The molecule has 113 heavy (non-hydrogen) atoms. The van der Waals surface area contributed by atoms with E-state index < -0.39 is 0 Å². The molecule has 5 aliphatic heterocycles. The number of hydrogen-bond donors (Lipinski definition) is 11. The highest BCUT2D eigenvalue weighted by Gasteiger charge is 2.44. The Bertz CT molecular complexity index is 5440. The lowest BCUT2D eigenvalue weighted by molar-refractivity contribution is 0.160. The van der Waals surface area contributed by atoms with Crippen LogP contribution in [-0.4, -0.2) is 175 Å². The summed E-state index contributed by atoms with van der Waals surface area (Å²) in [5.74, 6) is 2.44. The summed E-state index contributed by atoms with van der Waals surface area (Å²) in [6.45, 7) is 31.2. The molecule has 5 aromatic heterocycles. The number of benzene rings is 7. The number of aromatic nitrogens is 9. The van der Waals surface area contributed by atoms with Gasteiger partial charge in [-0.25, -0.2) is 0 Å². The van der Waals surface area contributed by atoms with Crippen molar-refractivity contribution in [1.29, 1.82) is 0 Å². The Morgan fingerprint density at radius 1 is 0.381 bits per heavy atom. The number of anilines is 4. The predicted octanol–water partition coefficient (Wildman–Crippen LogP) is 15.8. The van der Waals surface area contributed by atoms with Crippen molar-refractivity contribution in [2.75, 3.05) is 66.9 Å². The zero-order valence-electron chi connectivity index (χ0n) is 66.8. The number of nitrogens with one attached hydrogen (secondary N) is 5. The Morgan fingerprint density at radius 2 is 0.735 bits per heavy atom. The molecule has 5 aliphatic rings. The number of H-pyrrole nitrogens is 1. The minimum absolute atomic E-state index is 0.0456. The first kappa shape index (κ1) is 80.0. The average molecular weight is 1600 g/mol. The lowest BCUT2D eigenvalue weighted by Gasteiger charge is -2.48. The summed E-state index contributed by atoms with van der Waals surface area (Å²) < 4.78 is 0. The summed E-state index contributed by atoms with van der Waals surface area (Å²) in [5.41, 5.74) is 4.56. The summed E-state index contributed by atoms with van der Waals surface area (Å²) in [6.07, 6.45) is 7.80. The van der Waals surface area contributed by atoms with Crippen LogP contribution >= 0.6 is 45.3 Å². The SMILES string of the molecule is CN(c1nnc(-c2cc3ccc(O)cc3cc2O)s1)C1CC(C)(C)NC(C)(C)C1.CN(c1nnc(-c2cc3ccccc3cc2O)s1)C1CC(C)(C)NC(C)(C)C1.CN(c1nnc(-c2ccc(-c3ccc(=O)[nH]c3)cc2O)s1)C1CC(C)(C)NC(C)(C)C1.Oc1ccc2cc(-c3nnc(N4C[C@H]5CNC[C@H]5C4)s3)c(O)cc2c1. The van der Waals surface area contributed by atoms with Gasteiger partial charge in [-0.15, -0.1) is 40.8 Å². The highest BCUT2D eigenvalue weighted by molar-refractivity contribution is 7.19. The molecule has 10 heterocycles. The lowest BCUT2D eigenvalue weighted by atomic mass is 9.79. The number of aromatic amines is 1. The summed E-state index contributed by atoms with van der Waals surface area (Å²) in [5, 5.41) is 123. The molecular weight excluding hydrogens is 1500 g/mol. The van der Waals surface area contributed by atoms with E-state index in [4.69, 9.17) is 0 Å². The fourth-order valence-electron chi connectivity index (χ4n) is 17.7. The van der Waals surface area contributed by atoms with Crippen LogP contribution in [0.5, 0.6) is 34.5 Å². The van der Waals surface area contributed by atoms with Crippen molar-refractivity contribution in [3.05, 3.63) is 144 Å². The van der Waals surface area contributed by atoms with E-state index in [1.807, 2.05) is 66.7 Å². The first-order valence-electron chi connectivity index (χ1n) is 38.4. The fourth-order valence-corrected chi connectivity index (χ4v) is 21.3.